The number of fused-ring (bicyclic) bond motifs is 2. The number of benzene rings is 1. The molecule has 0 spiro atoms. The van der Waals surface area contributed by atoms with E-state index in [1.165, 1.54) is 4.52 Å². The van der Waals surface area contributed by atoms with E-state index in [4.69, 9.17) is 14.2 Å². The lowest BCUT2D eigenvalue weighted by molar-refractivity contribution is 0.102. The van der Waals surface area contributed by atoms with Crippen LogP contribution in [0.4, 0.5) is 5.69 Å². The molecule has 128 valence electrons. The van der Waals surface area contributed by atoms with Gasteiger partial charge in [0.15, 0.2) is 17.1 Å². The van der Waals surface area contributed by atoms with Crippen molar-refractivity contribution in [2.75, 3.05) is 25.1 Å². The highest BCUT2D eigenvalue weighted by molar-refractivity contribution is 6.03. The Balaban J connectivity index is 1.55. The molecule has 1 aliphatic rings. The highest BCUT2D eigenvalue weighted by Crippen LogP contribution is 2.32. The van der Waals surface area contributed by atoms with Crippen molar-refractivity contribution in [1.29, 1.82) is 0 Å². The Bertz CT molecular complexity index is 938. The van der Waals surface area contributed by atoms with Crippen LogP contribution in [-0.4, -0.2) is 40.3 Å². The molecular formula is C17H16N4O4. The summed E-state index contributed by atoms with van der Waals surface area (Å²) in [7, 11) is 0. The summed E-state index contributed by atoms with van der Waals surface area (Å²) in [6.45, 7) is 3.41. The monoisotopic (exact) mass is 340 g/mol. The van der Waals surface area contributed by atoms with Crippen LogP contribution in [0.5, 0.6) is 17.4 Å². The fourth-order valence-electron chi connectivity index (χ4n) is 2.52. The van der Waals surface area contributed by atoms with Crippen molar-refractivity contribution < 1.29 is 19.0 Å². The molecule has 0 bridgehead atoms. The number of amides is 1. The summed E-state index contributed by atoms with van der Waals surface area (Å²) in [5.74, 6) is 1.43. The van der Waals surface area contributed by atoms with Gasteiger partial charge in [-0.2, -0.15) is 0 Å². The van der Waals surface area contributed by atoms with Gasteiger partial charge in [-0.3, -0.25) is 4.79 Å². The van der Waals surface area contributed by atoms with Crippen molar-refractivity contribution in [3.63, 3.8) is 0 Å². The van der Waals surface area contributed by atoms with Crippen molar-refractivity contribution in [2.24, 2.45) is 0 Å². The molecule has 0 atom stereocenters. The minimum absolute atomic E-state index is 0.260. The first-order valence-electron chi connectivity index (χ1n) is 7.93. The van der Waals surface area contributed by atoms with Crippen LogP contribution in [0, 0.1) is 0 Å². The summed E-state index contributed by atoms with van der Waals surface area (Å²) in [6, 6.07) is 8.72. The van der Waals surface area contributed by atoms with Crippen LogP contribution in [0.3, 0.4) is 0 Å². The standard InChI is InChI=1S/C17H16N4O4/c1-2-23-16-6-5-15-19-12(10-21(15)20-16)17(22)18-11-3-4-13-14(9-11)25-8-7-24-13/h3-6,9-10H,2,7-8H2,1H3,(H,18,22). The summed E-state index contributed by atoms with van der Waals surface area (Å²) in [5.41, 5.74) is 1.43. The highest BCUT2D eigenvalue weighted by atomic mass is 16.6. The van der Waals surface area contributed by atoms with Crippen LogP contribution in [0.25, 0.3) is 5.65 Å². The molecule has 0 unspecified atom stereocenters. The molecule has 3 aromatic rings. The van der Waals surface area contributed by atoms with Gasteiger partial charge in [-0.15, -0.1) is 5.10 Å². The number of nitrogens with zero attached hydrogens (tertiary/aromatic N) is 3. The number of hydrogen-bond acceptors (Lipinski definition) is 6. The van der Waals surface area contributed by atoms with Crippen LogP contribution in [-0.2, 0) is 0 Å². The van der Waals surface area contributed by atoms with E-state index in [1.54, 1.807) is 36.5 Å². The molecule has 8 nitrogen and oxygen atoms in total. The van der Waals surface area contributed by atoms with Gasteiger partial charge in [0.1, 0.15) is 18.9 Å². The first kappa shape index (κ1) is 15.3. The van der Waals surface area contributed by atoms with Gasteiger partial charge in [0.25, 0.3) is 5.91 Å². The van der Waals surface area contributed by atoms with Gasteiger partial charge in [-0.1, -0.05) is 0 Å². The van der Waals surface area contributed by atoms with Gasteiger partial charge < -0.3 is 19.5 Å². The smallest absolute Gasteiger partial charge is 0.275 e. The van der Waals surface area contributed by atoms with Crippen molar-refractivity contribution >= 4 is 17.2 Å². The molecule has 0 saturated carbocycles. The largest absolute Gasteiger partial charge is 0.486 e. The summed E-state index contributed by atoms with van der Waals surface area (Å²) in [6.07, 6.45) is 1.56. The van der Waals surface area contributed by atoms with Crippen LogP contribution < -0.4 is 19.5 Å². The van der Waals surface area contributed by atoms with Crippen molar-refractivity contribution in [2.45, 2.75) is 6.92 Å². The first-order chi connectivity index (χ1) is 12.2. The van der Waals surface area contributed by atoms with Crippen molar-refractivity contribution in [3.8, 4) is 17.4 Å². The van der Waals surface area contributed by atoms with Crippen molar-refractivity contribution in [1.82, 2.24) is 14.6 Å². The first-order valence-corrected chi connectivity index (χ1v) is 7.93. The second-order valence-corrected chi connectivity index (χ2v) is 5.35. The number of carbonyl (C=O) groups excluding carboxylic acids is 1. The molecule has 0 fully saturated rings. The molecule has 2 aromatic heterocycles. The van der Waals surface area contributed by atoms with E-state index in [9.17, 15) is 4.79 Å². The molecule has 1 aromatic carbocycles. The van der Waals surface area contributed by atoms with Crippen LogP contribution in [0.15, 0.2) is 36.5 Å². The minimum atomic E-state index is -0.333. The third kappa shape index (κ3) is 3.06. The zero-order chi connectivity index (χ0) is 17.2. The molecule has 0 aliphatic carbocycles. The Morgan fingerprint density at radius 1 is 1.24 bits per heavy atom. The normalized spacial score (nSPS) is 12.8. The SMILES string of the molecule is CCOc1ccc2nc(C(=O)Nc3ccc4c(c3)OCCO4)cn2n1. The summed E-state index contributed by atoms with van der Waals surface area (Å²) in [5, 5.41) is 7.05. The van der Waals surface area contributed by atoms with Gasteiger partial charge in [-0.05, 0) is 25.1 Å². The maximum atomic E-state index is 12.4. The molecule has 3 heterocycles. The quantitative estimate of drug-likeness (QED) is 0.783. The average Bonchev–Trinajstić information content (AvgIpc) is 3.05. The van der Waals surface area contributed by atoms with E-state index in [0.29, 0.717) is 48.5 Å². The Labute approximate surface area is 143 Å². The molecule has 1 N–H and O–H groups in total. The Morgan fingerprint density at radius 3 is 2.92 bits per heavy atom. The molecule has 8 heteroatoms. The Hall–Kier alpha value is -3.29. The topological polar surface area (TPSA) is 87.0 Å². The number of carbonyl (C=O) groups is 1. The third-order valence-electron chi connectivity index (χ3n) is 3.62. The third-order valence-corrected chi connectivity index (χ3v) is 3.62. The van der Waals surface area contributed by atoms with Gasteiger partial charge in [-0.25, -0.2) is 9.50 Å². The van der Waals surface area contributed by atoms with E-state index in [2.05, 4.69) is 15.4 Å². The molecule has 25 heavy (non-hydrogen) atoms. The predicted octanol–water partition coefficient (Wildman–Crippen LogP) is 2.15. The van der Waals surface area contributed by atoms with Gasteiger partial charge in [0, 0.05) is 17.8 Å². The molecule has 4 rings (SSSR count). The van der Waals surface area contributed by atoms with Gasteiger partial charge in [0.2, 0.25) is 5.88 Å². The van der Waals surface area contributed by atoms with Gasteiger partial charge in [0.05, 0.1) is 12.8 Å². The van der Waals surface area contributed by atoms with E-state index >= 15 is 0 Å². The lowest BCUT2D eigenvalue weighted by Gasteiger charge is -2.18. The lowest BCUT2D eigenvalue weighted by Crippen LogP contribution is -2.16. The number of imidazole rings is 1. The molecule has 0 radical (unpaired) electrons. The van der Waals surface area contributed by atoms with Crippen LogP contribution >= 0.6 is 0 Å². The summed E-state index contributed by atoms with van der Waals surface area (Å²) >= 11 is 0. The molecule has 0 saturated heterocycles. The zero-order valence-electron chi connectivity index (χ0n) is 13.6. The van der Waals surface area contributed by atoms with E-state index in [1.807, 2.05) is 6.92 Å². The van der Waals surface area contributed by atoms with Crippen LogP contribution in [0.1, 0.15) is 17.4 Å². The van der Waals surface area contributed by atoms with E-state index in [-0.39, 0.29) is 11.6 Å². The molecule has 1 amide bonds. The Morgan fingerprint density at radius 2 is 2.08 bits per heavy atom. The van der Waals surface area contributed by atoms with E-state index < -0.39 is 0 Å². The minimum Gasteiger partial charge on any atom is -0.486 e. The second-order valence-electron chi connectivity index (χ2n) is 5.35. The summed E-state index contributed by atoms with van der Waals surface area (Å²) in [4.78, 5) is 16.7. The fraction of sp³-hybridized carbons (Fsp3) is 0.235. The summed E-state index contributed by atoms with van der Waals surface area (Å²) < 4.78 is 17.8. The predicted molar refractivity (Wildman–Crippen MR) is 89.5 cm³/mol. The maximum Gasteiger partial charge on any atom is 0.275 e. The fourth-order valence-corrected chi connectivity index (χ4v) is 2.52. The van der Waals surface area contributed by atoms with E-state index in [0.717, 1.165) is 0 Å². The number of rotatable bonds is 4. The molecular weight excluding hydrogens is 324 g/mol. The zero-order valence-corrected chi connectivity index (χ0v) is 13.6. The Kier molecular flexibility index (Phi) is 3.85. The number of hydrogen-bond donors (Lipinski definition) is 1. The van der Waals surface area contributed by atoms with Crippen molar-refractivity contribution in [3.05, 3.63) is 42.2 Å². The maximum absolute atomic E-state index is 12.4. The lowest BCUT2D eigenvalue weighted by atomic mass is 10.2. The van der Waals surface area contributed by atoms with Crippen LogP contribution in [0.2, 0.25) is 0 Å². The number of ether oxygens (including phenoxy) is 3. The highest BCUT2D eigenvalue weighted by Gasteiger charge is 2.15. The number of nitrogens with one attached hydrogen (secondary N) is 1. The number of anilines is 1. The van der Waals surface area contributed by atoms with Gasteiger partial charge >= 0.3 is 0 Å². The second kappa shape index (κ2) is 6.31. The average molecular weight is 340 g/mol. The number of aromatic nitrogens is 3. The molecule has 1 aliphatic heterocycles.